The predicted octanol–water partition coefficient (Wildman–Crippen LogP) is 3.16. The highest BCUT2D eigenvalue weighted by atomic mass is 32.1. The lowest BCUT2D eigenvalue weighted by atomic mass is 10.2. The monoisotopic (exact) mass is 304 g/mol. The first kappa shape index (κ1) is 15.2. The van der Waals surface area contributed by atoms with Crippen molar-refractivity contribution in [1.29, 1.82) is 0 Å². The fraction of sp³-hybridized carbons (Fsp3) is 0.267. The smallest absolute Gasteiger partial charge is 0.338 e. The van der Waals surface area contributed by atoms with Crippen LogP contribution in [0.1, 0.15) is 34.3 Å². The van der Waals surface area contributed by atoms with E-state index in [1.54, 1.807) is 36.7 Å². The number of amides is 1. The van der Waals surface area contributed by atoms with Crippen molar-refractivity contribution in [3.05, 3.63) is 45.9 Å². The molecule has 0 bridgehead atoms. The quantitative estimate of drug-likeness (QED) is 0.862. The van der Waals surface area contributed by atoms with Crippen molar-refractivity contribution in [2.75, 3.05) is 5.32 Å². The van der Waals surface area contributed by atoms with Gasteiger partial charge in [-0.05, 0) is 25.1 Å². The van der Waals surface area contributed by atoms with Crippen LogP contribution < -0.4 is 5.32 Å². The first-order chi connectivity index (χ1) is 10.1. The van der Waals surface area contributed by atoms with Crippen molar-refractivity contribution >= 4 is 28.9 Å². The molecule has 0 spiro atoms. The fourth-order valence-corrected chi connectivity index (χ4v) is 2.34. The van der Waals surface area contributed by atoms with E-state index in [4.69, 9.17) is 4.74 Å². The summed E-state index contributed by atoms with van der Waals surface area (Å²) in [5.74, 6) is -0.517. The van der Waals surface area contributed by atoms with E-state index in [0.717, 1.165) is 10.6 Å². The van der Waals surface area contributed by atoms with E-state index in [9.17, 15) is 9.59 Å². The maximum Gasteiger partial charge on any atom is 0.338 e. The fourth-order valence-electron chi connectivity index (χ4n) is 1.65. The standard InChI is InChI=1S/C15H16N2O3S/c1-3-14(18)17-12-6-4-5-11(7-12)15(19)20-8-13-10(2)16-9-21-13/h4-7,9H,3,8H2,1-2H3,(H,17,18). The first-order valence-electron chi connectivity index (χ1n) is 6.56. The van der Waals surface area contributed by atoms with Crippen LogP contribution in [-0.2, 0) is 16.1 Å². The van der Waals surface area contributed by atoms with Crippen molar-refractivity contribution < 1.29 is 14.3 Å². The van der Waals surface area contributed by atoms with Crippen LogP contribution >= 0.6 is 11.3 Å². The molecule has 6 heteroatoms. The summed E-state index contributed by atoms with van der Waals surface area (Å²) >= 11 is 1.46. The number of benzene rings is 1. The Hall–Kier alpha value is -2.21. The van der Waals surface area contributed by atoms with Crippen molar-refractivity contribution in [2.24, 2.45) is 0 Å². The molecule has 0 saturated carbocycles. The van der Waals surface area contributed by atoms with Crippen LogP contribution in [0.15, 0.2) is 29.8 Å². The van der Waals surface area contributed by atoms with E-state index < -0.39 is 5.97 Å². The molecule has 1 amide bonds. The van der Waals surface area contributed by atoms with E-state index in [-0.39, 0.29) is 12.5 Å². The molecule has 0 saturated heterocycles. The number of nitrogens with zero attached hydrogens (tertiary/aromatic N) is 1. The van der Waals surface area contributed by atoms with Crippen molar-refractivity contribution in [3.63, 3.8) is 0 Å². The maximum atomic E-state index is 12.0. The SMILES string of the molecule is CCC(=O)Nc1cccc(C(=O)OCc2scnc2C)c1. The Morgan fingerprint density at radius 3 is 2.86 bits per heavy atom. The molecule has 0 unspecified atom stereocenters. The molecule has 0 aliphatic rings. The van der Waals surface area contributed by atoms with Crippen LogP contribution in [0, 0.1) is 6.92 Å². The molecule has 2 rings (SSSR count). The second-order valence-corrected chi connectivity index (χ2v) is 5.36. The minimum atomic E-state index is -0.421. The molecule has 0 atom stereocenters. The van der Waals surface area contributed by atoms with Gasteiger partial charge in [-0.15, -0.1) is 11.3 Å². The summed E-state index contributed by atoms with van der Waals surface area (Å²) in [5, 5.41) is 2.71. The Balaban J connectivity index is 2.00. The average Bonchev–Trinajstić information content (AvgIpc) is 2.90. The van der Waals surface area contributed by atoms with E-state index in [0.29, 0.717) is 17.7 Å². The second kappa shape index (κ2) is 6.99. The highest BCUT2D eigenvalue weighted by Crippen LogP contribution is 2.16. The molecule has 1 aromatic heterocycles. The number of aromatic nitrogens is 1. The number of nitrogens with one attached hydrogen (secondary N) is 1. The molecule has 110 valence electrons. The van der Waals surface area contributed by atoms with E-state index >= 15 is 0 Å². The van der Waals surface area contributed by atoms with E-state index in [1.165, 1.54) is 11.3 Å². The minimum absolute atomic E-state index is 0.0965. The number of carbonyl (C=O) groups is 2. The summed E-state index contributed by atoms with van der Waals surface area (Å²) in [5.41, 5.74) is 3.59. The molecule has 1 aromatic carbocycles. The van der Waals surface area contributed by atoms with Gasteiger partial charge in [0, 0.05) is 12.1 Å². The van der Waals surface area contributed by atoms with E-state index in [1.807, 2.05) is 6.92 Å². The summed E-state index contributed by atoms with van der Waals surface area (Å²) in [4.78, 5) is 28.4. The predicted molar refractivity (Wildman–Crippen MR) is 81.3 cm³/mol. The Labute approximate surface area is 127 Å². The number of hydrogen-bond acceptors (Lipinski definition) is 5. The van der Waals surface area contributed by atoms with Gasteiger partial charge < -0.3 is 10.1 Å². The van der Waals surface area contributed by atoms with Gasteiger partial charge in [-0.3, -0.25) is 4.79 Å². The second-order valence-electron chi connectivity index (χ2n) is 4.42. The lowest BCUT2D eigenvalue weighted by Crippen LogP contribution is -2.11. The van der Waals surface area contributed by atoms with Crippen LogP contribution in [0.3, 0.4) is 0 Å². The normalized spacial score (nSPS) is 10.2. The van der Waals surface area contributed by atoms with Gasteiger partial charge in [0.05, 0.1) is 21.6 Å². The molecule has 1 heterocycles. The van der Waals surface area contributed by atoms with Gasteiger partial charge in [-0.25, -0.2) is 9.78 Å². The number of esters is 1. The Bertz CT molecular complexity index is 652. The number of thiazole rings is 1. The van der Waals surface area contributed by atoms with Gasteiger partial charge in [0.25, 0.3) is 0 Å². The Morgan fingerprint density at radius 2 is 2.19 bits per heavy atom. The Kier molecular flexibility index (Phi) is 5.05. The molecule has 5 nitrogen and oxygen atoms in total. The van der Waals surface area contributed by atoms with Crippen molar-refractivity contribution in [2.45, 2.75) is 26.9 Å². The minimum Gasteiger partial charge on any atom is -0.456 e. The zero-order valence-electron chi connectivity index (χ0n) is 11.9. The van der Waals surface area contributed by atoms with Crippen LogP contribution in [-0.4, -0.2) is 16.9 Å². The summed E-state index contributed by atoms with van der Waals surface area (Å²) < 4.78 is 5.26. The molecule has 2 aromatic rings. The summed E-state index contributed by atoms with van der Waals surface area (Å²) in [6.07, 6.45) is 0.388. The van der Waals surface area contributed by atoms with E-state index in [2.05, 4.69) is 10.3 Å². The van der Waals surface area contributed by atoms with Gasteiger partial charge in [0.15, 0.2) is 0 Å². The van der Waals surface area contributed by atoms with Gasteiger partial charge in [-0.2, -0.15) is 0 Å². The highest BCUT2D eigenvalue weighted by molar-refractivity contribution is 7.09. The van der Waals surface area contributed by atoms with Crippen LogP contribution in [0.5, 0.6) is 0 Å². The largest absolute Gasteiger partial charge is 0.456 e. The molecular weight excluding hydrogens is 288 g/mol. The lowest BCUT2D eigenvalue weighted by molar-refractivity contribution is -0.115. The van der Waals surface area contributed by atoms with Crippen LogP contribution in [0.2, 0.25) is 0 Å². The number of aryl methyl sites for hydroxylation is 1. The number of carbonyl (C=O) groups excluding carboxylic acids is 2. The van der Waals surface area contributed by atoms with Gasteiger partial charge in [-0.1, -0.05) is 13.0 Å². The van der Waals surface area contributed by atoms with Gasteiger partial charge in [0.2, 0.25) is 5.91 Å². The zero-order valence-corrected chi connectivity index (χ0v) is 12.7. The topological polar surface area (TPSA) is 68.3 Å². The molecule has 21 heavy (non-hydrogen) atoms. The summed E-state index contributed by atoms with van der Waals surface area (Å²) in [6, 6.07) is 6.70. The molecule has 0 radical (unpaired) electrons. The Morgan fingerprint density at radius 1 is 1.38 bits per heavy atom. The molecule has 1 N–H and O–H groups in total. The lowest BCUT2D eigenvalue weighted by Gasteiger charge is -2.07. The molecular formula is C15H16N2O3S. The van der Waals surface area contributed by atoms with Crippen LogP contribution in [0.25, 0.3) is 0 Å². The van der Waals surface area contributed by atoms with Crippen LogP contribution in [0.4, 0.5) is 5.69 Å². The number of hydrogen-bond donors (Lipinski definition) is 1. The number of ether oxygens (including phenoxy) is 1. The average molecular weight is 304 g/mol. The third-order valence-corrected chi connectivity index (χ3v) is 3.79. The third kappa shape index (κ3) is 4.13. The summed E-state index contributed by atoms with van der Waals surface area (Å²) in [7, 11) is 0. The molecule has 0 aliphatic carbocycles. The van der Waals surface area contributed by atoms with Gasteiger partial charge in [0.1, 0.15) is 6.61 Å². The van der Waals surface area contributed by atoms with Gasteiger partial charge >= 0.3 is 5.97 Å². The van der Waals surface area contributed by atoms with Crippen molar-refractivity contribution in [3.8, 4) is 0 Å². The summed E-state index contributed by atoms with van der Waals surface area (Å²) in [6.45, 7) is 3.85. The first-order valence-corrected chi connectivity index (χ1v) is 7.44. The zero-order chi connectivity index (χ0) is 15.2. The number of anilines is 1. The highest BCUT2D eigenvalue weighted by Gasteiger charge is 2.10. The van der Waals surface area contributed by atoms with Crippen molar-refractivity contribution in [1.82, 2.24) is 4.98 Å². The molecule has 0 aliphatic heterocycles. The number of rotatable bonds is 5. The molecule has 0 fully saturated rings. The third-order valence-electron chi connectivity index (χ3n) is 2.88. The maximum absolute atomic E-state index is 12.0.